The first-order chi connectivity index (χ1) is 11.7. The topological polar surface area (TPSA) is 81.6 Å². The lowest BCUT2D eigenvalue weighted by Gasteiger charge is -2.32. The molecule has 2 N–H and O–H groups in total. The van der Waals surface area contributed by atoms with Crippen LogP contribution in [0.2, 0.25) is 0 Å². The second-order valence-electron chi connectivity index (χ2n) is 5.82. The number of hydrogen-bond donors (Lipinski definition) is 2. The minimum absolute atomic E-state index is 0.0589. The minimum Gasteiger partial charge on any atom is -0.395 e. The first-order valence-corrected chi connectivity index (χ1v) is 9.08. The molecule has 130 valence electrons. The number of thiophene rings is 1. The third-order valence-corrected chi connectivity index (χ3v) is 5.39. The zero-order chi connectivity index (χ0) is 17.1. The molecule has 0 bridgehead atoms. The zero-order valence-electron chi connectivity index (χ0n) is 14.1. The van der Waals surface area contributed by atoms with Gasteiger partial charge >= 0.3 is 0 Å². The number of anilines is 2. The molecular formula is C16H23N5O2S. The van der Waals surface area contributed by atoms with Gasteiger partial charge in [0.15, 0.2) is 0 Å². The first-order valence-electron chi connectivity index (χ1n) is 8.27. The SMILES string of the molecule is CCc1c(C)sc2nc(N3CCN(C=O)CC3)nc(NCCO)c12. The lowest BCUT2D eigenvalue weighted by atomic mass is 10.1. The highest BCUT2D eigenvalue weighted by atomic mass is 32.1. The summed E-state index contributed by atoms with van der Waals surface area (Å²) < 4.78 is 0. The number of nitrogens with one attached hydrogen (secondary N) is 1. The molecule has 1 amide bonds. The van der Waals surface area contributed by atoms with Gasteiger partial charge in [-0.15, -0.1) is 11.3 Å². The largest absolute Gasteiger partial charge is 0.395 e. The Hall–Kier alpha value is -1.93. The van der Waals surface area contributed by atoms with Gasteiger partial charge in [0.05, 0.1) is 12.0 Å². The summed E-state index contributed by atoms with van der Waals surface area (Å²) in [6.45, 7) is 7.61. The number of nitrogens with zero attached hydrogens (tertiary/aromatic N) is 4. The lowest BCUT2D eigenvalue weighted by molar-refractivity contribution is -0.118. The number of aliphatic hydroxyl groups excluding tert-OH is 1. The van der Waals surface area contributed by atoms with E-state index in [0.717, 1.165) is 42.0 Å². The molecule has 2 aromatic heterocycles. The van der Waals surface area contributed by atoms with Gasteiger partial charge in [0.1, 0.15) is 10.6 Å². The predicted molar refractivity (Wildman–Crippen MR) is 97.0 cm³/mol. The van der Waals surface area contributed by atoms with Gasteiger partial charge in [0, 0.05) is 37.6 Å². The van der Waals surface area contributed by atoms with Gasteiger partial charge in [0.2, 0.25) is 12.4 Å². The van der Waals surface area contributed by atoms with Crippen LogP contribution in [0.4, 0.5) is 11.8 Å². The van der Waals surface area contributed by atoms with E-state index < -0.39 is 0 Å². The van der Waals surface area contributed by atoms with Crippen molar-refractivity contribution in [1.29, 1.82) is 0 Å². The van der Waals surface area contributed by atoms with E-state index in [9.17, 15) is 4.79 Å². The number of aliphatic hydroxyl groups is 1. The molecule has 1 fully saturated rings. The van der Waals surface area contributed by atoms with Crippen molar-refractivity contribution in [3.8, 4) is 0 Å². The molecule has 0 saturated carbocycles. The molecule has 1 aliphatic rings. The summed E-state index contributed by atoms with van der Waals surface area (Å²) in [4.78, 5) is 26.5. The molecule has 0 aliphatic carbocycles. The number of rotatable bonds is 6. The van der Waals surface area contributed by atoms with Crippen LogP contribution in [0.15, 0.2) is 0 Å². The second-order valence-corrected chi connectivity index (χ2v) is 7.02. The van der Waals surface area contributed by atoms with E-state index in [1.54, 1.807) is 16.2 Å². The van der Waals surface area contributed by atoms with Crippen molar-refractivity contribution < 1.29 is 9.90 Å². The average molecular weight is 349 g/mol. The maximum atomic E-state index is 10.9. The van der Waals surface area contributed by atoms with Gasteiger partial charge in [-0.25, -0.2) is 4.98 Å². The highest BCUT2D eigenvalue weighted by Gasteiger charge is 2.21. The maximum absolute atomic E-state index is 10.9. The Balaban J connectivity index is 1.99. The Morgan fingerprint density at radius 3 is 2.67 bits per heavy atom. The third-order valence-electron chi connectivity index (χ3n) is 4.34. The van der Waals surface area contributed by atoms with Gasteiger partial charge < -0.3 is 20.2 Å². The van der Waals surface area contributed by atoms with Gasteiger partial charge in [0.25, 0.3) is 0 Å². The predicted octanol–water partition coefficient (Wildman–Crippen LogP) is 1.24. The Kier molecular flexibility index (Phi) is 5.15. The Morgan fingerprint density at radius 1 is 1.29 bits per heavy atom. The van der Waals surface area contributed by atoms with E-state index in [0.29, 0.717) is 25.6 Å². The number of aryl methyl sites for hydroxylation is 2. The fraction of sp³-hybridized carbons (Fsp3) is 0.562. The van der Waals surface area contributed by atoms with Gasteiger partial charge in [-0.3, -0.25) is 4.79 Å². The van der Waals surface area contributed by atoms with Crippen LogP contribution in [0, 0.1) is 6.92 Å². The molecular weight excluding hydrogens is 326 g/mol. The first kappa shape index (κ1) is 16.9. The molecule has 8 heteroatoms. The molecule has 0 atom stereocenters. The standard InChI is InChI=1S/C16H23N5O2S/c1-3-12-11(2)24-15-13(12)14(17-4-9-22)18-16(19-15)21-7-5-20(10-23)6-8-21/h10,22H,3-9H2,1-2H3,(H,17,18,19). The fourth-order valence-electron chi connectivity index (χ4n) is 3.05. The minimum atomic E-state index is 0.0589. The smallest absolute Gasteiger partial charge is 0.228 e. The summed E-state index contributed by atoms with van der Waals surface area (Å²) in [5, 5.41) is 13.5. The van der Waals surface area contributed by atoms with E-state index >= 15 is 0 Å². The summed E-state index contributed by atoms with van der Waals surface area (Å²) in [5.74, 6) is 1.49. The van der Waals surface area contributed by atoms with Crippen LogP contribution in [-0.2, 0) is 11.2 Å². The Morgan fingerprint density at radius 2 is 2.04 bits per heavy atom. The van der Waals surface area contributed by atoms with Crippen molar-refractivity contribution in [3.63, 3.8) is 0 Å². The van der Waals surface area contributed by atoms with E-state index in [4.69, 9.17) is 15.1 Å². The van der Waals surface area contributed by atoms with Gasteiger partial charge in [-0.1, -0.05) is 6.92 Å². The number of aromatic nitrogens is 2. The Bertz CT molecular complexity index is 725. The number of carbonyl (C=O) groups excluding carboxylic acids is 1. The van der Waals surface area contributed by atoms with E-state index in [1.165, 1.54) is 10.4 Å². The van der Waals surface area contributed by atoms with Crippen LogP contribution < -0.4 is 10.2 Å². The van der Waals surface area contributed by atoms with E-state index in [2.05, 4.69) is 24.1 Å². The maximum Gasteiger partial charge on any atom is 0.228 e. The monoisotopic (exact) mass is 349 g/mol. The zero-order valence-corrected chi connectivity index (χ0v) is 14.9. The van der Waals surface area contributed by atoms with Crippen LogP contribution in [0.3, 0.4) is 0 Å². The Labute approximate surface area is 145 Å². The lowest BCUT2D eigenvalue weighted by Crippen LogP contribution is -2.46. The fourth-order valence-corrected chi connectivity index (χ4v) is 4.16. The molecule has 7 nitrogen and oxygen atoms in total. The van der Waals surface area contributed by atoms with Crippen LogP contribution in [0.25, 0.3) is 10.2 Å². The summed E-state index contributed by atoms with van der Waals surface area (Å²) >= 11 is 1.69. The normalized spacial score (nSPS) is 15.1. The molecule has 24 heavy (non-hydrogen) atoms. The van der Waals surface area contributed by atoms with Crippen LogP contribution in [0.1, 0.15) is 17.4 Å². The number of amides is 1. The summed E-state index contributed by atoms with van der Waals surface area (Å²) in [6, 6.07) is 0. The molecule has 0 aromatic carbocycles. The summed E-state index contributed by atoms with van der Waals surface area (Å²) in [7, 11) is 0. The second kappa shape index (κ2) is 7.31. The molecule has 0 unspecified atom stereocenters. The molecule has 3 heterocycles. The van der Waals surface area contributed by atoms with Crippen molar-refractivity contribution in [2.24, 2.45) is 0 Å². The average Bonchev–Trinajstić information content (AvgIpc) is 2.94. The highest BCUT2D eigenvalue weighted by molar-refractivity contribution is 7.18. The number of hydrogen-bond acceptors (Lipinski definition) is 7. The van der Waals surface area contributed by atoms with Crippen LogP contribution >= 0.6 is 11.3 Å². The number of fused-ring (bicyclic) bond motifs is 1. The third kappa shape index (κ3) is 3.16. The van der Waals surface area contributed by atoms with Crippen molar-refractivity contribution in [2.45, 2.75) is 20.3 Å². The van der Waals surface area contributed by atoms with Gasteiger partial charge in [-0.05, 0) is 18.9 Å². The quantitative estimate of drug-likeness (QED) is 0.764. The highest BCUT2D eigenvalue weighted by Crippen LogP contribution is 2.35. The number of piperazine rings is 1. The summed E-state index contributed by atoms with van der Waals surface area (Å²) in [5.41, 5.74) is 1.27. The molecule has 3 rings (SSSR count). The van der Waals surface area contributed by atoms with Crippen molar-refractivity contribution >= 4 is 39.7 Å². The molecule has 2 aromatic rings. The van der Waals surface area contributed by atoms with Gasteiger partial charge in [-0.2, -0.15) is 4.98 Å². The molecule has 0 spiro atoms. The molecule has 0 radical (unpaired) electrons. The van der Waals surface area contributed by atoms with Crippen LogP contribution in [0.5, 0.6) is 0 Å². The summed E-state index contributed by atoms with van der Waals surface area (Å²) in [6.07, 6.45) is 1.83. The van der Waals surface area contributed by atoms with Crippen LogP contribution in [-0.4, -0.2) is 65.7 Å². The van der Waals surface area contributed by atoms with Crippen molar-refractivity contribution in [1.82, 2.24) is 14.9 Å². The van der Waals surface area contributed by atoms with E-state index in [1.807, 2.05) is 0 Å². The number of carbonyl (C=O) groups is 1. The van der Waals surface area contributed by atoms with E-state index in [-0.39, 0.29) is 6.61 Å². The van der Waals surface area contributed by atoms with Crippen molar-refractivity contribution in [3.05, 3.63) is 10.4 Å². The molecule has 1 aliphatic heterocycles. The molecule has 1 saturated heterocycles. The van der Waals surface area contributed by atoms with Crippen molar-refractivity contribution in [2.75, 3.05) is 49.5 Å².